The summed E-state index contributed by atoms with van der Waals surface area (Å²) in [6.07, 6.45) is 0.661. The van der Waals surface area contributed by atoms with Crippen molar-refractivity contribution < 1.29 is 57.7 Å². The van der Waals surface area contributed by atoms with Crippen LogP contribution < -0.4 is 28.4 Å². The first-order chi connectivity index (χ1) is 31.1. The van der Waals surface area contributed by atoms with E-state index in [1.54, 1.807) is 53.0 Å². The molecule has 0 spiro atoms. The number of rotatable bonds is 15. The second-order valence-electron chi connectivity index (χ2n) is 16.2. The fourth-order valence-corrected chi connectivity index (χ4v) is 9.39. The van der Waals surface area contributed by atoms with Crippen molar-refractivity contribution in [3.8, 4) is 34.8 Å². The predicted molar refractivity (Wildman–Crippen MR) is 234 cm³/mol. The van der Waals surface area contributed by atoms with Crippen molar-refractivity contribution in [1.29, 1.82) is 0 Å². The normalized spacial score (nSPS) is 22.9. The minimum Gasteiger partial charge on any atom is -0.493 e. The van der Waals surface area contributed by atoms with Crippen LogP contribution in [0.1, 0.15) is 97.6 Å². The van der Waals surface area contributed by atoms with Crippen LogP contribution in [0.4, 0.5) is 0 Å². The number of hydrogen-bond acceptors (Lipinski definition) is 16. The van der Waals surface area contributed by atoms with Gasteiger partial charge < -0.3 is 48.1 Å². The van der Waals surface area contributed by atoms with Crippen molar-refractivity contribution in [2.45, 2.75) is 101 Å². The zero-order valence-electron chi connectivity index (χ0n) is 36.8. The van der Waals surface area contributed by atoms with E-state index in [0.29, 0.717) is 86.5 Å². The fraction of sp³-hybridized carbons (Fsp3) is 0.458. The molecule has 8 rings (SSSR count). The highest BCUT2D eigenvalue weighted by atomic mass is 16.6. The maximum absolute atomic E-state index is 13.4. The molecule has 0 bridgehead atoms. The van der Waals surface area contributed by atoms with Crippen molar-refractivity contribution in [1.82, 2.24) is 9.97 Å². The van der Waals surface area contributed by atoms with E-state index in [1.807, 2.05) is 50.2 Å². The van der Waals surface area contributed by atoms with Gasteiger partial charge in [0.05, 0.1) is 65.2 Å². The Morgan fingerprint density at radius 2 is 1.02 bits per heavy atom. The third-order valence-corrected chi connectivity index (χ3v) is 12.5. The Morgan fingerprint density at radius 1 is 0.594 bits per heavy atom. The van der Waals surface area contributed by atoms with Crippen molar-refractivity contribution >= 4 is 23.4 Å². The zero-order chi connectivity index (χ0) is 45.1. The molecule has 2 saturated carbocycles. The molecule has 4 aromatic rings. The van der Waals surface area contributed by atoms with E-state index < -0.39 is 36.4 Å². The number of benzene rings is 2. The van der Waals surface area contributed by atoms with Gasteiger partial charge in [-0.25, -0.2) is 19.6 Å². The number of ether oxygens (including phenoxy) is 8. The van der Waals surface area contributed by atoms with E-state index >= 15 is 0 Å². The van der Waals surface area contributed by atoms with Crippen molar-refractivity contribution in [3.63, 3.8) is 0 Å². The van der Waals surface area contributed by atoms with Gasteiger partial charge in [-0.1, -0.05) is 0 Å². The standard InChI is InChI=1S/C48H54N4O12/c1-7-61-39-19-29-31-17-27(11-13-35(31)51-43(33(29)21-37(39)57-3)25-9-15-41(59-5)49-23-25)63-47(55)45(53)46(54)48(56)64-28-12-14-36-32(18-28)30-20-40(62-8-2)38(58-4)22-34(30)44(52-36)26-10-16-42(60-6)50-24-26/h9-10,15-16,19-24,27-28,31-32,35-36,45-46,53-54H,7-8,11-14,17-18H2,1-6H3/t27-,28-,31-,32-,35-,36-,45?,46?/m0/s1. The van der Waals surface area contributed by atoms with Crippen LogP contribution in [0.5, 0.6) is 34.8 Å². The van der Waals surface area contributed by atoms with Gasteiger partial charge in [0.15, 0.2) is 35.2 Å². The van der Waals surface area contributed by atoms with E-state index in [-0.39, 0.29) is 23.9 Å². The first-order valence-electron chi connectivity index (χ1n) is 21.7. The zero-order valence-corrected chi connectivity index (χ0v) is 36.8. The topological polar surface area (TPSA) is 199 Å². The summed E-state index contributed by atoms with van der Waals surface area (Å²) in [5.41, 5.74) is 6.68. The highest BCUT2D eigenvalue weighted by Gasteiger charge is 2.43. The average molecular weight is 879 g/mol. The Hall–Kier alpha value is -6.26. The molecule has 0 radical (unpaired) electrons. The van der Waals surface area contributed by atoms with Gasteiger partial charge in [0.25, 0.3) is 0 Å². The quantitative estimate of drug-likeness (QED) is 0.141. The predicted octanol–water partition coefficient (Wildman–Crippen LogP) is 5.53. The lowest BCUT2D eigenvalue weighted by molar-refractivity contribution is -0.180. The van der Waals surface area contributed by atoms with Gasteiger partial charge >= 0.3 is 11.9 Å². The molecule has 2 N–H and O–H groups in total. The van der Waals surface area contributed by atoms with Gasteiger partial charge in [-0.05, 0) is 99.9 Å². The molecule has 2 aromatic carbocycles. The van der Waals surface area contributed by atoms with Crippen LogP contribution in [-0.2, 0) is 19.1 Å². The lowest BCUT2D eigenvalue weighted by Crippen LogP contribution is -2.45. The van der Waals surface area contributed by atoms with Gasteiger partial charge in [-0.15, -0.1) is 0 Å². The Labute approximate surface area is 371 Å². The average Bonchev–Trinajstić information content (AvgIpc) is 3.32. The molecule has 64 heavy (non-hydrogen) atoms. The highest BCUT2D eigenvalue weighted by Crippen LogP contribution is 2.47. The van der Waals surface area contributed by atoms with Crippen LogP contribution in [0.3, 0.4) is 0 Å². The third kappa shape index (κ3) is 8.80. The van der Waals surface area contributed by atoms with Gasteiger partial charge in [0.2, 0.25) is 11.8 Å². The number of carbonyl (C=O) groups excluding carboxylic acids is 2. The number of fused-ring (bicyclic) bond motifs is 6. The van der Waals surface area contributed by atoms with Crippen LogP contribution >= 0.6 is 0 Å². The number of aliphatic hydroxyl groups excluding tert-OH is 2. The molecule has 4 heterocycles. The molecule has 16 nitrogen and oxygen atoms in total. The summed E-state index contributed by atoms with van der Waals surface area (Å²) in [5, 5.41) is 22.1. The fourth-order valence-electron chi connectivity index (χ4n) is 9.39. The summed E-state index contributed by atoms with van der Waals surface area (Å²) in [5.74, 6) is 0.647. The number of aliphatic hydroxyl groups is 2. The number of esters is 2. The molecule has 2 unspecified atom stereocenters. The molecule has 4 aliphatic rings. The van der Waals surface area contributed by atoms with E-state index in [2.05, 4.69) is 9.97 Å². The van der Waals surface area contributed by atoms with E-state index in [1.165, 1.54) is 0 Å². The smallest absolute Gasteiger partial charge is 0.338 e. The molecule has 0 amide bonds. The Kier molecular flexibility index (Phi) is 13.3. The molecule has 2 fully saturated rings. The molecule has 16 heteroatoms. The number of nitrogens with zero attached hydrogens (tertiary/aromatic N) is 4. The van der Waals surface area contributed by atoms with Gasteiger partial charge in [0, 0.05) is 58.6 Å². The summed E-state index contributed by atoms with van der Waals surface area (Å²) < 4.78 is 45.5. The van der Waals surface area contributed by atoms with Gasteiger partial charge in [-0.2, -0.15) is 0 Å². The minimum atomic E-state index is -2.16. The second kappa shape index (κ2) is 19.2. The maximum atomic E-state index is 13.4. The van der Waals surface area contributed by atoms with Crippen molar-refractivity contribution in [2.24, 2.45) is 9.98 Å². The van der Waals surface area contributed by atoms with E-state index in [0.717, 1.165) is 44.8 Å². The molecule has 2 aromatic heterocycles. The van der Waals surface area contributed by atoms with Crippen LogP contribution in [0.25, 0.3) is 0 Å². The molecule has 0 saturated heterocycles. The molecule has 338 valence electrons. The lowest BCUT2D eigenvalue weighted by atomic mass is 9.74. The molecule has 2 aliphatic heterocycles. The van der Waals surface area contributed by atoms with Gasteiger partial charge in [0.1, 0.15) is 12.2 Å². The summed E-state index contributed by atoms with van der Waals surface area (Å²) >= 11 is 0. The van der Waals surface area contributed by atoms with Crippen molar-refractivity contribution in [2.75, 3.05) is 41.7 Å². The van der Waals surface area contributed by atoms with Crippen molar-refractivity contribution in [3.05, 3.63) is 94.3 Å². The van der Waals surface area contributed by atoms with Crippen LogP contribution in [0, 0.1) is 0 Å². The maximum Gasteiger partial charge on any atom is 0.338 e. The van der Waals surface area contributed by atoms with E-state index in [9.17, 15) is 19.8 Å². The summed E-state index contributed by atoms with van der Waals surface area (Å²) in [7, 11) is 6.28. The van der Waals surface area contributed by atoms with Crippen LogP contribution in [0.15, 0.2) is 70.9 Å². The Morgan fingerprint density at radius 3 is 1.36 bits per heavy atom. The number of carbonyl (C=O) groups is 2. The second-order valence-corrected chi connectivity index (χ2v) is 16.2. The third-order valence-electron chi connectivity index (χ3n) is 12.5. The van der Waals surface area contributed by atoms with Gasteiger partial charge in [-0.3, -0.25) is 9.98 Å². The summed E-state index contributed by atoms with van der Waals surface area (Å²) in [4.78, 5) is 46.1. The summed E-state index contributed by atoms with van der Waals surface area (Å²) in [6, 6.07) is 14.8. The number of aromatic nitrogens is 2. The molecule has 8 atom stereocenters. The molecular weight excluding hydrogens is 825 g/mol. The van der Waals surface area contributed by atoms with E-state index in [4.69, 9.17) is 47.9 Å². The molecular formula is C48H54N4O12. The molecule has 2 aliphatic carbocycles. The minimum absolute atomic E-state index is 0.149. The Balaban J connectivity index is 0.948. The van der Waals surface area contributed by atoms with Crippen LogP contribution in [0.2, 0.25) is 0 Å². The number of pyridine rings is 2. The first-order valence-corrected chi connectivity index (χ1v) is 21.7. The first kappa shape index (κ1) is 44.4. The number of hydrogen-bond donors (Lipinski definition) is 2. The number of methoxy groups -OCH3 is 4. The number of aliphatic imine (C=N–C) groups is 2. The monoisotopic (exact) mass is 878 g/mol. The largest absolute Gasteiger partial charge is 0.493 e. The summed E-state index contributed by atoms with van der Waals surface area (Å²) in [6.45, 7) is 4.64. The lowest BCUT2D eigenvalue weighted by Gasteiger charge is -2.39. The highest BCUT2D eigenvalue weighted by molar-refractivity contribution is 6.15. The van der Waals surface area contributed by atoms with Crippen LogP contribution in [-0.4, -0.2) is 122 Å². The SMILES string of the molecule is CCOc1cc2c(cc1OC)C(c1ccc(OC)nc1)=N[C@H]1CC[C@H](OC(=O)C(O)C(O)C(=O)O[C@H]3CC[C@@H]4N=C(c5ccc(OC)nc5)c5cc(OC)c(OCC)cc5[C@@H]4C3)C[C@@H]21. The Bertz CT molecular complexity index is 2240.